The van der Waals surface area contributed by atoms with Crippen molar-refractivity contribution in [2.45, 2.75) is 57.3 Å². The molecular weight excluding hydrogens is 438 g/mol. The first kappa shape index (κ1) is 23.2. The smallest absolute Gasteiger partial charge is 0.258 e. The molecule has 35 heavy (non-hydrogen) atoms. The molecule has 1 fully saturated rings. The number of pyridine rings is 1. The summed E-state index contributed by atoms with van der Waals surface area (Å²) in [6.45, 7) is 0.738. The van der Waals surface area contributed by atoms with Crippen molar-refractivity contribution < 1.29 is 4.74 Å². The topological polar surface area (TPSA) is 106 Å². The number of nitrogens with zero attached hydrogens (tertiary/aromatic N) is 2. The predicted octanol–water partition coefficient (Wildman–Crippen LogP) is 3.85. The molecule has 0 saturated heterocycles. The molecule has 7 heteroatoms. The summed E-state index contributed by atoms with van der Waals surface area (Å²) in [6, 6.07) is 20.8. The lowest BCUT2D eigenvalue weighted by Gasteiger charge is -2.26. The molecule has 4 N–H and O–H groups in total. The van der Waals surface area contributed by atoms with Gasteiger partial charge in [0.15, 0.2) is 0 Å². The van der Waals surface area contributed by atoms with Gasteiger partial charge in [-0.2, -0.15) is 0 Å². The van der Waals surface area contributed by atoms with Crippen LogP contribution in [0.4, 0.5) is 0 Å². The highest BCUT2D eigenvalue weighted by Crippen LogP contribution is 2.19. The fourth-order valence-electron chi connectivity index (χ4n) is 4.62. The van der Waals surface area contributed by atoms with Gasteiger partial charge < -0.3 is 20.8 Å². The zero-order chi connectivity index (χ0) is 24.0. The number of aromatic nitrogens is 3. The molecule has 7 nitrogen and oxygen atoms in total. The molecule has 0 radical (unpaired) electrons. The molecule has 0 aliphatic heterocycles. The lowest BCUT2D eigenvalue weighted by Crippen LogP contribution is -2.37. The summed E-state index contributed by atoms with van der Waals surface area (Å²) >= 11 is 0. The Balaban J connectivity index is 1.25. The van der Waals surface area contributed by atoms with Gasteiger partial charge in [-0.25, -0.2) is 4.98 Å². The average molecular weight is 470 g/mol. The van der Waals surface area contributed by atoms with Crippen molar-refractivity contribution in [2.24, 2.45) is 5.73 Å². The van der Waals surface area contributed by atoms with Crippen LogP contribution in [0.25, 0.3) is 10.9 Å². The molecule has 0 bridgehead atoms. The molecule has 2 aromatic carbocycles. The van der Waals surface area contributed by atoms with Crippen molar-refractivity contribution >= 4 is 10.9 Å². The summed E-state index contributed by atoms with van der Waals surface area (Å²) in [4.78, 5) is 24.8. The Morgan fingerprint density at radius 1 is 0.971 bits per heavy atom. The second-order valence-corrected chi connectivity index (χ2v) is 9.25. The second-order valence-electron chi connectivity index (χ2n) is 9.25. The Bertz CT molecular complexity index is 1310. The Labute approximate surface area is 204 Å². The van der Waals surface area contributed by atoms with E-state index in [0.29, 0.717) is 35.4 Å². The fraction of sp³-hybridized carbons (Fsp3) is 0.321. The Morgan fingerprint density at radius 3 is 2.49 bits per heavy atom. The van der Waals surface area contributed by atoms with Crippen LogP contribution in [0.5, 0.6) is 5.75 Å². The highest BCUT2D eigenvalue weighted by atomic mass is 16.5. The van der Waals surface area contributed by atoms with Crippen LogP contribution >= 0.6 is 0 Å². The standard InChI is InChI=1S/C28H31N5O2/c29-21-8-10-22(11-9-21)31-17-25-27-24(14-15-30-25)28(34)33-26(32-27)18-35-23-12-6-20(7-13-23)16-19-4-2-1-3-5-19/h1-7,12-15,21-22,31H,8-11,16-18,29H2,(H,32,33,34). The van der Waals surface area contributed by atoms with E-state index in [1.54, 1.807) is 12.3 Å². The summed E-state index contributed by atoms with van der Waals surface area (Å²) in [5.74, 6) is 1.21. The van der Waals surface area contributed by atoms with Gasteiger partial charge in [0.2, 0.25) is 0 Å². The summed E-state index contributed by atoms with van der Waals surface area (Å²) in [5.41, 5.74) is 9.71. The minimum absolute atomic E-state index is 0.172. The Hall–Kier alpha value is -3.55. The van der Waals surface area contributed by atoms with Gasteiger partial charge in [-0.15, -0.1) is 0 Å². The summed E-state index contributed by atoms with van der Waals surface area (Å²) in [5, 5.41) is 4.11. The molecule has 0 atom stereocenters. The van der Waals surface area contributed by atoms with E-state index in [9.17, 15) is 4.79 Å². The van der Waals surface area contributed by atoms with E-state index in [2.05, 4.69) is 39.6 Å². The van der Waals surface area contributed by atoms with Crippen LogP contribution in [0.1, 0.15) is 48.3 Å². The van der Waals surface area contributed by atoms with Gasteiger partial charge in [0.1, 0.15) is 23.7 Å². The number of nitrogens with one attached hydrogen (secondary N) is 2. The second kappa shape index (κ2) is 10.8. The van der Waals surface area contributed by atoms with E-state index in [-0.39, 0.29) is 12.2 Å². The molecule has 2 aromatic heterocycles. The van der Waals surface area contributed by atoms with Crippen molar-refractivity contribution in [3.8, 4) is 5.75 Å². The van der Waals surface area contributed by atoms with Crippen LogP contribution < -0.4 is 21.3 Å². The number of hydrogen-bond donors (Lipinski definition) is 3. The number of rotatable bonds is 8. The minimum Gasteiger partial charge on any atom is -0.486 e. The van der Waals surface area contributed by atoms with Gasteiger partial charge in [-0.3, -0.25) is 9.78 Å². The highest BCUT2D eigenvalue weighted by molar-refractivity contribution is 5.79. The Kier molecular flexibility index (Phi) is 7.16. The maximum atomic E-state index is 12.7. The van der Waals surface area contributed by atoms with Gasteiger partial charge in [-0.05, 0) is 61.4 Å². The van der Waals surface area contributed by atoms with Gasteiger partial charge >= 0.3 is 0 Å². The first-order chi connectivity index (χ1) is 17.1. The third-order valence-electron chi connectivity index (χ3n) is 6.63. The van der Waals surface area contributed by atoms with E-state index in [0.717, 1.165) is 43.5 Å². The molecular formula is C28H31N5O2. The monoisotopic (exact) mass is 469 g/mol. The van der Waals surface area contributed by atoms with Crippen LogP contribution in [0.15, 0.2) is 71.7 Å². The number of aromatic amines is 1. The molecule has 4 aromatic rings. The van der Waals surface area contributed by atoms with Crippen molar-refractivity contribution in [1.82, 2.24) is 20.3 Å². The van der Waals surface area contributed by atoms with Crippen LogP contribution in [0, 0.1) is 0 Å². The normalized spacial score (nSPS) is 18.0. The molecule has 1 saturated carbocycles. The fourth-order valence-corrected chi connectivity index (χ4v) is 4.62. The molecule has 1 aliphatic carbocycles. The van der Waals surface area contributed by atoms with E-state index >= 15 is 0 Å². The largest absolute Gasteiger partial charge is 0.486 e. The summed E-state index contributed by atoms with van der Waals surface area (Å²) in [7, 11) is 0. The van der Waals surface area contributed by atoms with Crippen LogP contribution in [0.3, 0.4) is 0 Å². The number of ether oxygens (including phenoxy) is 1. The maximum Gasteiger partial charge on any atom is 0.258 e. The zero-order valence-electron chi connectivity index (χ0n) is 19.7. The van der Waals surface area contributed by atoms with Crippen LogP contribution in [-0.4, -0.2) is 27.0 Å². The van der Waals surface area contributed by atoms with E-state index < -0.39 is 0 Å². The van der Waals surface area contributed by atoms with E-state index in [1.165, 1.54) is 11.1 Å². The molecule has 5 rings (SSSR count). The molecule has 2 heterocycles. The first-order valence-electron chi connectivity index (χ1n) is 12.3. The van der Waals surface area contributed by atoms with Gasteiger partial charge in [0, 0.05) is 24.8 Å². The van der Waals surface area contributed by atoms with Crippen LogP contribution in [0.2, 0.25) is 0 Å². The van der Waals surface area contributed by atoms with Gasteiger partial charge in [0.05, 0.1) is 11.1 Å². The SMILES string of the molecule is NC1CCC(NCc2nccc3c(=O)[nH]c(COc4ccc(Cc5ccccc5)cc4)nc23)CC1. The molecule has 0 spiro atoms. The summed E-state index contributed by atoms with van der Waals surface area (Å²) < 4.78 is 5.93. The van der Waals surface area contributed by atoms with Crippen LogP contribution in [-0.2, 0) is 19.6 Å². The molecule has 1 aliphatic rings. The predicted molar refractivity (Wildman–Crippen MR) is 137 cm³/mol. The van der Waals surface area contributed by atoms with E-state index in [1.807, 2.05) is 30.3 Å². The third-order valence-corrected chi connectivity index (χ3v) is 6.63. The number of H-pyrrole nitrogens is 1. The average Bonchev–Trinajstić information content (AvgIpc) is 2.89. The van der Waals surface area contributed by atoms with E-state index in [4.69, 9.17) is 15.5 Å². The highest BCUT2D eigenvalue weighted by Gasteiger charge is 2.19. The zero-order valence-corrected chi connectivity index (χ0v) is 19.7. The van der Waals surface area contributed by atoms with Crippen molar-refractivity contribution in [3.05, 3.63) is 99.9 Å². The number of benzene rings is 2. The molecule has 0 unspecified atom stereocenters. The van der Waals surface area contributed by atoms with Crippen molar-refractivity contribution in [3.63, 3.8) is 0 Å². The third kappa shape index (κ3) is 5.93. The number of nitrogens with two attached hydrogens (primary N) is 1. The Morgan fingerprint density at radius 2 is 1.71 bits per heavy atom. The van der Waals surface area contributed by atoms with Crippen molar-refractivity contribution in [2.75, 3.05) is 0 Å². The molecule has 180 valence electrons. The van der Waals surface area contributed by atoms with Gasteiger partial charge in [0.25, 0.3) is 5.56 Å². The lowest BCUT2D eigenvalue weighted by molar-refractivity contribution is 0.296. The van der Waals surface area contributed by atoms with Gasteiger partial charge in [-0.1, -0.05) is 42.5 Å². The molecule has 0 amide bonds. The summed E-state index contributed by atoms with van der Waals surface area (Å²) in [6.07, 6.45) is 6.73. The number of hydrogen-bond acceptors (Lipinski definition) is 6. The number of fused-ring (bicyclic) bond motifs is 1. The minimum atomic E-state index is -0.181. The van der Waals surface area contributed by atoms with Crippen molar-refractivity contribution in [1.29, 1.82) is 0 Å². The maximum absolute atomic E-state index is 12.7. The lowest BCUT2D eigenvalue weighted by atomic mass is 9.92. The first-order valence-corrected chi connectivity index (χ1v) is 12.3. The quantitative estimate of drug-likeness (QED) is 0.362.